The van der Waals surface area contributed by atoms with E-state index in [9.17, 15) is 10.1 Å². The molecule has 0 unspecified atom stereocenters. The number of rotatable bonds is 7. The van der Waals surface area contributed by atoms with Gasteiger partial charge in [-0.25, -0.2) is 9.78 Å². The number of nitrogens with one attached hydrogen (secondary N) is 1. The van der Waals surface area contributed by atoms with Crippen molar-refractivity contribution in [1.29, 1.82) is 5.26 Å². The van der Waals surface area contributed by atoms with Gasteiger partial charge in [0.1, 0.15) is 23.4 Å². The number of para-hydroxylation sites is 1. The number of ether oxygens (including phenoxy) is 3. The molecular formula is C21H19N3O4. The summed E-state index contributed by atoms with van der Waals surface area (Å²) in [6, 6.07) is 14.7. The van der Waals surface area contributed by atoms with Crippen LogP contribution in [0.15, 0.2) is 42.5 Å². The van der Waals surface area contributed by atoms with Gasteiger partial charge in [-0.3, -0.25) is 0 Å². The van der Waals surface area contributed by atoms with Crippen LogP contribution >= 0.6 is 0 Å². The Morgan fingerprint density at radius 2 is 2.11 bits per heavy atom. The van der Waals surface area contributed by atoms with Crippen molar-refractivity contribution in [3.63, 3.8) is 0 Å². The molecule has 1 N–H and O–H groups in total. The average molecular weight is 377 g/mol. The van der Waals surface area contributed by atoms with Gasteiger partial charge in [0.2, 0.25) is 0 Å². The standard InChI is InChI=1S/C21H19N3O4/c1-3-27-20(25)13-28-19-7-5-4-6-14(19)10-15(12-22)21-23-17-9-8-16(26-2)11-18(17)24-21/h4-11H,3,13H2,1-2H3,(H,23,24)/b15-10-. The lowest BCUT2D eigenvalue weighted by atomic mass is 10.1. The van der Waals surface area contributed by atoms with Crippen molar-refractivity contribution in [2.24, 2.45) is 0 Å². The van der Waals surface area contributed by atoms with Crippen molar-refractivity contribution in [1.82, 2.24) is 9.97 Å². The summed E-state index contributed by atoms with van der Waals surface area (Å²) in [5.41, 5.74) is 2.48. The number of allylic oxidation sites excluding steroid dienone is 1. The summed E-state index contributed by atoms with van der Waals surface area (Å²) in [6.07, 6.45) is 1.66. The smallest absolute Gasteiger partial charge is 0.344 e. The van der Waals surface area contributed by atoms with E-state index in [-0.39, 0.29) is 6.61 Å². The van der Waals surface area contributed by atoms with E-state index < -0.39 is 5.97 Å². The maximum atomic E-state index is 11.5. The Morgan fingerprint density at radius 1 is 1.29 bits per heavy atom. The second-order valence-electron chi connectivity index (χ2n) is 5.77. The normalized spacial score (nSPS) is 11.1. The van der Waals surface area contributed by atoms with E-state index in [0.717, 1.165) is 11.0 Å². The van der Waals surface area contributed by atoms with Crippen molar-refractivity contribution in [2.45, 2.75) is 6.92 Å². The fourth-order valence-electron chi connectivity index (χ4n) is 2.62. The highest BCUT2D eigenvalue weighted by Gasteiger charge is 2.11. The molecule has 0 saturated heterocycles. The molecule has 0 spiro atoms. The minimum Gasteiger partial charge on any atom is -0.497 e. The second kappa shape index (κ2) is 8.73. The SMILES string of the molecule is CCOC(=O)COc1ccccc1/C=C(/C#N)c1nc2ccc(OC)cc2[nH]1. The van der Waals surface area contributed by atoms with Crippen LogP contribution in [0.3, 0.4) is 0 Å². The van der Waals surface area contributed by atoms with Crippen LogP contribution in [0, 0.1) is 11.3 Å². The minimum atomic E-state index is -0.451. The van der Waals surface area contributed by atoms with E-state index in [1.54, 1.807) is 44.4 Å². The number of carbonyl (C=O) groups excluding carboxylic acids is 1. The number of nitrogens with zero attached hydrogens (tertiary/aromatic N) is 2. The number of methoxy groups -OCH3 is 1. The molecule has 0 aliphatic heterocycles. The highest BCUT2D eigenvalue weighted by atomic mass is 16.6. The van der Waals surface area contributed by atoms with Crippen molar-refractivity contribution in [3.8, 4) is 17.6 Å². The largest absolute Gasteiger partial charge is 0.497 e. The number of esters is 1. The van der Waals surface area contributed by atoms with Crippen LogP contribution in [-0.4, -0.2) is 36.3 Å². The maximum Gasteiger partial charge on any atom is 0.344 e. The lowest BCUT2D eigenvalue weighted by molar-refractivity contribution is -0.145. The highest BCUT2D eigenvalue weighted by molar-refractivity contribution is 5.91. The molecule has 2 aromatic carbocycles. The molecule has 28 heavy (non-hydrogen) atoms. The number of hydrogen-bond acceptors (Lipinski definition) is 6. The lowest BCUT2D eigenvalue weighted by Gasteiger charge is -2.08. The van der Waals surface area contributed by atoms with E-state index in [2.05, 4.69) is 16.0 Å². The first-order valence-electron chi connectivity index (χ1n) is 8.68. The Bertz CT molecular complexity index is 1060. The number of aromatic nitrogens is 2. The van der Waals surface area contributed by atoms with Crippen molar-refractivity contribution in [3.05, 3.63) is 53.9 Å². The zero-order chi connectivity index (χ0) is 19.9. The van der Waals surface area contributed by atoms with Crippen LogP contribution in [0.1, 0.15) is 18.3 Å². The summed E-state index contributed by atoms with van der Waals surface area (Å²) >= 11 is 0. The molecule has 0 fully saturated rings. The zero-order valence-electron chi connectivity index (χ0n) is 15.6. The van der Waals surface area contributed by atoms with Crippen LogP contribution in [-0.2, 0) is 9.53 Å². The van der Waals surface area contributed by atoms with Crippen molar-refractivity contribution in [2.75, 3.05) is 20.3 Å². The Labute approximate surface area is 162 Å². The number of carbonyl (C=O) groups is 1. The number of benzene rings is 2. The first-order valence-corrected chi connectivity index (χ1v) is 8.68. The van der Waals surface area contributed by atoms with Crippen LogP contribution in [0.25, 0.3) is 22.7 Å². The van der Waals surface area contributed by atoms with Gasteiger partial charge in [0.15, 0.2) is 6.61 Å². The average Bonchev–Trinajstić information content (AvgIpc) is 3.14. The number of H-pyrrole nitrogens is 1. The Hall–Kier alpha value is -3.79. The molecule has 0 aliphatic rings. The summed E-state index contributed by atoms with van der Waals surface area (Å²) < 4.78 is 15.6. The van der Waals surface area contributed by atoms with Crippen molar-refractivity contribution < 1.29 is 19.0 Å². The van der Waals surface area contributed by atoms with Gasteiger partial charge >= 0.3 is 5.97 Å². The van der Waals surface area contributed by atoms with Gasteiger partial charge in [-0.1, -0.05) is 18.2 Å². The second-order valence-corrected chi connectivity index (χ2v) is 5.77. The highest BCUT2D eigenvalue weighted by Crippen LogP contribution is 2.26. The van der Waals surface area contributed by atoms with Crippen LogP contribution in [0.5, 0.6) is 11.5 Å². The predicted octanol–water partition coefficient (Wildman–Crippen LogP) is 3.58. The third-order valence-corrected chi connectivity index (χ3v) is 3.93. The molecule has 0 saturated carbocycles. The summed E-state index contributed by atoms with van der Waals surface area (Å²) in [6.45, 7) is 1.82. The lowest BCUT2D eigenvalue weighted by Crippen LogP contribution is -2.14. The van der Waals surface area contributed by atoms with Gasteiger partial charge in [0.05, 0.1) is 30.3 Å². The number of hydrogen-bond donors (Lipinski definition) is 1. The molecular weight excluding hydrogens is 358 g/mol. The molecule has 3 rings (SSSR count). The molecule has 142 valence electrons. The zero-order valence-corrected chi connectivity index (χ0v) is 15.6. The van der Waals surface area contributed by atoms with Crippen LogP contribution in [0.2, 0.25) is 0 Å². The van der Waals surface area contributed by atoms with Gasteiger partial charge in [0, 0.05) is 11.6 Å². The molecule has 3 aromatic rings. The fraction of sp³-hybridized carbons (Fsp3) is 0.190. The molecule has 0 aliphatic carbocycles. The van der Waals surface area contributed by atoms with E-state index in [0.29, 0.717) is 35.1 Å². The molecule has 7 heteroatoms. The van der Waals surface area contributed by atoms with E-state index >= 15 is 0 Å². The minimum absolute atomic E-state index is 0.203. The van der Waals surface area contributed by atoms with Gasteiger partial charge in [-0.15, -0.1) is 0 Å². The summed E-state index contributed by atoms with van der Waals surface area (Å²) in [4.78, 5) is 19.1. The number of nitriles is 1. The van der Waals surface area contributed by atoms with Gasteiger partial charge in [-0.2, -0.15) is 5.26 Å². The molecule has 0 amide bonds. The first kappa shape index (κ1) is 19.0. The molecule has 0 atom stereocenters. The fourth-order valence-corrected chi connectivity index (χ4v) is 2.62. The predicted molar refractivity (Wildman–Crippen MR) is 105 cm³/mol. The van der Waals surface area contributed by atoms with Crippen LogP contribution < -0.4 is 9.47 Å². The first-order chi connectivity index (χ1) is 13.6. The van der Waals surface area contributed by atoms with Gasteiger partial charge in [-0.05, 0) is 31.2 Å². The van der Waals surface area contributed by atoms with E-state index in [1.165, 1.54) is 0 Å². The van der Waals surface area contributed by atoms with E-state index in [1.807, 2.05) is 18.2 Å². The van der Waals surface area contributed by atoms with Crippen LogP contribution in [0.4, 0.5) is 0 Å². The number of aromatic amines is 1. The van der Waals surface area contributed by atoms with Gasteiger partial charge in [0.25, 0.3) is 0 Å². The Kier molecular flexibility index (Phi) is 5.92. The molecule has 1 heterocycles. The maximum absolute atomic E-state index is 11.5. The quantitative estimate of drug-likeness (QED) is 0.499. The third-order valence-electron chi connectivity index (χ3n) is 3.93. The molecule has 7 nitrogen and oxygen atoms in total. The molecule has 0 bridgehead atoms. The summed E-state index contributed by atoms with van der Waals surface area (Å²) in [7, 11) is 1.59. The molecule has 0 radical (unpaired) electrons. The molecule has 1 aromatic heterocycles. The summed E-state index contributed by atoms with van der Waals surface area (Å²) in [5, 5.41) is 9.63. The summed E-state index contributed by atoms with van der Waals surface area (Å²) in [5.74, 6) is 1.16. The number of fused-ring (bicyclic) bond motifs is 1. The number of imidazole rings is 1. The Balaban J connectivity index is 1.91. The van der Waals surface area contributed by atoms with Gasteiger partial charge < -0.3 is 19.2 Å². The topological polar surface area (TPSA) is 97.2 Å². The third kappa shape index (κ3) is 4.30. The van der Waals surface area contributed by atoms with Crippen molar-refractivity contribution >= 4 is 28.7 Å². The van der Waals surface area contributed by atoms with E-state index in [4.69, 9.17) is 14.2 Å². The Morgan fingerprint density at radius 3 is 2.86 bits per heavy atom. The monoisotopic (exact) mass is 377 g/mol.